The van der Waals surface area contributed by atoms with E-state index in [9.17, 15) is 9.50 Å². The van der Waals surface area contributed by atoms with E-state index < -0.39 is 0 Å². The zero-order valence-corrected chi connectivity index (χ0v) is 16.7. The molecule has 1 fully saturated rings. The van der Waals surface area contributed by atoms with Crippen molar-refractivity contribution in [2.24, 2.45) is 0 Å². The van der Waals surface area contributed by atoms with E-state index in [1.807, 2.05) is 24.3 Å². The van der Waals surface area contributed by atoms with Gasteiger partial charge in [0.2, 0.25) is 10.8 Å². The first kappa shape index (κ1) is 18.1. The molecular weight excluding hydrogens is 393 g/mol. The van der Waals surface area contributed by atoms with E-state index in [1.165, 1.54) is 26.8 Å². The lowest BCUT2D eigenvalue weighted by atomic mass is 10.1. The van der Waals surface area contributed by atoms with Crippen molar-refractivity contribution in [1.29, 1.82) is 0 Å². The van der Waals surface area contributed by atoms with Crippen LogP contribution in [-0.2, 0) is 0 Å². The topological polar surface area (TPSA) is 71.2 Å². The van der Waals surface area contributed by atoms with Gasteiger partial charge in [0.25, 0.3) is 0 Å². The minimum absolute atomic E-state index is 0.107. The zero-order chi connectivity index (χ0) is 20.0. The molecule has 29 heavy (non-hydrogen) atoms. The number of aromatic nitrogens is 3. The zero-order valence-electron chi connectivity index (χ0n) is 15.9. The molecular formula is C20H21FN5O2S+. The SMILES string of the molecule is Cc1nc2sc([C@H](c3ccco3)[NH+]3CCN(c4ccccc4F)CC3)c(O)n2n1. The molecule has 7 nitrogen and oxygen atoms in total. The Hall–Kier alpha value is -2.91. The molecule has 2 N–H and O–H groups in total. The number of hydrogen-bond donors (Lipinski definition) is 2. The minimum Gasteiger partial charge on any atom is -0.492 e. The van der Waals surface area contributed by atoms with Crippen molar-refractivity contribution >= 4 is 22.0 Å². The number of nitrogens with zero attached hydrogens (tertiary/aromatic N) is 4. The quantitative estimate of drug-likeness (QED) is 0.535. The van der Waals surface area contributed by atoms with Gasteiger partial charge in [-0.2, -0.15) is 4.52 Å². The summed E-state index contributed by atoms with van der Waals surface area (Å²) in [7, 11) is 0. The van der Waals surface area contributed by atoms with Gasteiger partial charge in [0, 0.05) is 0 Å². The second kappa shape index (κ2) is 7.16. The predicted octanol–water partition coefficient (Wildman–Crippen LogP) is 2.03. The molecule has 0 spiro atoms. The number of piperazine rings is 1. The van der Waals surface area contributed by atoms with Crippen molar-refractivity contribution in [3.63, 3.8) is 0 Å². The molecule has 0 aliphatic carbocycles. The van der Waals surface area contributed by atoms with Gasteiger partial charge in [-0.05, 0) is 31.2 Å². The molecule has 3 aromatic heterocycles. The van der Waals surface area contributed by atoms with E-state index in [-0.39, 0.29) is 17.7 Å². The summed E-state index contributed by atoms with van der Waals surface area (Å²) in [6, 6.07) is 10.5. The van der Waals surface area contributed by atoms with Crippen LogP contribution in [0.15, 0.2) is 47.1 Å². The number of quaternary nitrogens is 1. The van der Waals surface area contributed by atoms with E-state index in [0.717, 1.165) is 23.7 Å². The van der Waals surface area contributed by atoms with Crippen LogP contribution >= 0.6 is 11.3 Å². The average molecular weight is 414 g/mol. The standard InChI is InChI=1S/C20H20FN5O2S/c1-13-22-20-26(23-13)19(27)18(29-20)17(16-7-4-12-28-16)25-10-8-24(9-11-25)15-6-3-2-5-14(15)21/h2-7,12,17,27H,8-11H2,1H3/p+1/t17-/m0/s1. The van der Waals surface area contributed by atoms with Crippen LogP contribution in [0.3, 0.4) is 0 Å². The predicted molar refractivity (Wildman–Crippen MR) is 107 cm³/mol. The Kier molecular flexibility index (Phi) is 4.48. The maximum Gasteiger partial charge on any atom is 0.235 e. The molecule has 1 saturated heterocycles. The van der Waals surface area contributed by atoms with Crippen molar-refractivity contribution in [2.45, 2.75) is 13.0 Å². The van der Waals surface area contributed by atoms with E-state index in [4.69, 9.17) is 4.42 Å². The smallest absolute Gasteiger partial charge is 0.235 e. The Morgan fingerprint density at radius 3 is 2.69 bits per heavy atom. The Morgan fingerprint density at radius 1 is 1.21 bits per heavy atom. The fourth-order valence-electron chi connectivity index (χ4n) is 4.04. The van der Waals surface area contributed by atoms with Gasteiger partial charge in [-0.15, -0.1) is 5.10 Å². The Morgan fingerprint density at radius 2 is 2.00 bits per heavy atom. The Bertz CT molecular complexity index is 1130. The summed E-state index contributed by atoms with van der Waals surface area (Å²) >= 11 is 1.43. The molecule has 9 heteroatoms. The number of hydrogen-bond acceptors (Lipinski definition) is 6. The number of aromatic hydroxyl groups is 1. The maximum absolute atomic E-state index is 14.2. The first-order valence-corrected chi connectivity index (χ1v) is 10.4. The Labute approximate surface area is 170 Å². The van der Waals surface area contributed by atoms with E-state index in [1.54, 1.807) is 19.3 Å². The molecule has 4 aromatic rings. The first-order chi connectivity index (χ1) is 14.1. The number of thiazole rings is 1. The number of anilines is 1. The lowest BCUT2D eigenvalue weighted by molar-refractivity contribution is -0.926. The Balaban J connectivity index is 1.45. The van der Waals surface area contributed by atoms with Crippen molar-refractivity contribution in [1.82, 2.24) is 14.6 Å². The van der Waals surface area contributed by atoms with Gasteiger partial charge in [0.15, 0.2) is 11.8 Å². The van der Waals surface area contributed by atoms with Gasteiger partial charge < -0.3 is 19.3 Å². The van der Waals surface area contributed by atoms with Crippen molar-refractivity contribution in [3.05, 3.63) is 64.9 Å². The lowest BCUT2D eigenvalue weighted by Gasteiger charge is -2.36. The third-order valence-electron chi connectivity index (χ3n) is 5.40. The molecule has 0 unspecified atom stereocenters. The van der Waals surface area contributed by atoms with Crippen LogP contribution < -0.4 is 9.80 Å². The monoisotopic (exact) mass is 414 g/mol. The molecule has 0 amide bonds. The number of nitrogens with one attached hydrogen (secondary N) is 1. The molecule has 0 radical (unpaired) electrons. The summed E-state index contributed by atoms with van der Waals surface area (Å²) in [6.07, 6.45) is 1.65. The van der Waals surface area contributed by atoms with Crippen molar-refractivity contribution in [2.75, 3.05) is 31.1 Å². The fraction of sp³-hybridized carbons (Fsp3) is 0.300. The van der Waals surface area contributed by atoms with Crippen molar-refractivity contribution in [3.8, 4) is 5.88 Å². The van der Waals surface area contributed by atoms with E-state index in [2.05, 4.69) is 15.0 Å². The highest BCUT2D eigenvalue weighted by atomic mass is 32.1. The van der Waals surface area contributed by atoms with Gasteiger partial charge in [-0.3, -0.25) is 0 Å². The molecule has 1 atom stereocenters. The summed E-state index contributed by atoms with van der Waals surface area (Å²) in [5.41, 5.74) is 0.637. The highest BCUT2D eigenvalue weighted by Crippen LogP contribution is 2.35. The van der Waals surface area contributed by atoms with Crippen LogP contribution in [0, 0.1) is 12.7 Å². The normalized spacial score (nSPS) is 16.6. The minimum atomic E-state index is -0.197. The first-order valence-electron chi connectivity index (χ1n) is 9.54. The number of furan rings is 1. The lowest BCUT2D eigenvalue weighted by Crippen LogP contribution is -3.15. The van der Waals surface area contributed by atoms with Gasteiger partial charge >= 0.3 is 0 Å². The second-order valence-electron chi connectivity index (χ2n) is 7.19. The van der Waals surface area contributed by atoms with Crippen LogP contribution in [0.1, 0.15) is 22.5 Å². The van der Waals surface area contributed by atoms with E-state index in [0.29, 0.717) is 29.6 Å². The van der Waals surface area contributed by atoms with Gasteiger partial charge in [0.1, 0.15) is 16.5 Å². The highest BCUT2D eigenvalue weighted by Gasteiger charge is 2.37. The molecule has 5 rings (SSSR count). The third kappa shape index (κ3) is 3.16. The molecule has 150 valence electrons. The van der Waals surface area contributed by atoms with Crippen molar-refractivity contribution < 1.29 is 18.8 Å². The van der Waals surface area contributed by atoms with Gasteiger partial charge in [0.05, 0.1) is 38.1 Å². The average Bonchev–Trinajstić information content (AvgIpc) is 3.43. The number of para-hydroxylation sites is 1. The summed E-state index contributed by atoms with van der Waals surface area (Å²) in [5, 5.41) is 15.1. The number of aryl methyl sites for hydroxylation is 1. The maximum atomic E-state index is 14.2. The number of fused-ring (bicyclic) bond motifs is 1. The van der Waals surface area contributed by atoms with Crippen LogP contribution in [0.4, 0.5) is 10.1 Å². The molecule has 1 aliphatic heterocycles. The number of rotatable bonds is 4. The van der Waals surface area contributed by atoms with E-state index >= 15 is 0 Å². The van der Waals surface area contributed by atoms with Gasteiger partial charge in [-0.25, -0.2) is 9.37 Å². The number of benzene rings is 1. The van der Waals surface area contributed by atoms with Crippen LogP contribution in [0.25, 0.3) is 4.96 Å². The van der Waals surface area contributed by atoms with Crippen LogP contribution in [0.5, 0.6) is 5.88 Å². The van der Waals surface area contributed by atoms with Crippen LogP contribution in [-0.4, -0.2) is 45.9 Å². The summed E-state index contributed by atoms with van der Waals surface area (Å²) in [6.45, 7) is 4.80. The van der Waals surface area contributed by atoms with Gasteiger partial charge in [-0.1, -0.05) is 23.5 Å². The number of halogens is 1. The highest BCUT2D eigenvalue weighted by molar-refractivity contribution is 7.17. The summed E-state index contributed by atoms with van der Waals surface area (Å²) in [4.78, 5) is 9.16. The molecule has 0 bridgehead atoms. The fourth-order valence-corrected chi connectivity index (χ4v) is 5.21. The summed E-state index contributed by atoms with van der Waals surface area (Å²) in [5.74, 6) is 1.32. The largest absolute Gasteiger partial charge is 0.492 e. The molecule has 1 aromatic carbocycles. The second-order valence-corrected chi connectivity index (χ2v) is 8.20. The molecule has 0 saturated carbocycles. The summed E-state index contributed by atoms with van der Waals surface area (Å²) < 4.78 is 21.4. The third-order valence-corrected chi connectivity index (χ3v) is 6.49. The van der Waals surface area contributed by atoms with Crippen LogP contribution in [0.2, 0.25) is 0 Å². The molecule has 4 heterocycles. The molecule has 1 aliphatic rings.